The number of rotatable bonds is 9. The zero-order valence-corrected chi connectivity index (χ0v) is 23.9. The summed E-state index contributed by atoms with van der Waals surface area (Å²) in [4.78, 5) is 23.3. The standard InChI is InChI=1S/C28H31BrFN7O2/c1-16(39-24-10-19(29)12-32-26(24)31)23-11-20(30)7-8-22(23)25-18(13-36(4)34-25)14-37-15-21(9-17-5-6-17)33-27(37)28(38)35(2)3/h7-8,10-13,15-17H,5-6,9,14H2,1-4H3,(H2,31,32)/t16-/m1/s1. The lowest BCUT2D eigenvalue weighted by Crippen LogP contribution is -2.25. The molecular weight excluding hydrogens is 565 g/mol. The molecule has 1 aliphatic rings. The molecule has 0 radical (unpaired) electrons. The molecule has 0 spiro atoms. The molecule has 0 bridgehead atoms. The molecule has 1 fully saturated rings. The van der Waals surface area contributed by atoms with Crippen molar-refractivity contribution in [1.82, 2.24) is 29.2 Å². The van der Waals surface area contributed by atoms with Gasteiger partial charge in [0.05, 0.1) is 17.9 Å². The van der Waals surface area contributed by atoms with Crippen molar-refractivity contribution < 1.29 is 13.9 Å². The Labute approximate surface area is 234 Å². The molecular formula is C28H31BrFN7O2. The molecule has 1 atom stereocenters. The first-order valence-electron chi connectivity index (χ1n) is 12.8. The van der Waals surface area contributed by atoms with Crippen molar-refractivity contribution in [2.24, 2.45) is 13.0 Å². The number of carbonyl (C=O) groups excluding carboxylic acids is 1. The van der Waals surface area contributed by atoms with E-state index in [9.17, 15) is 9.18 Å². The number of benzene rings is 1. The van der Waals surface area contributed by atoms with E-state index in [1.165, 1.54) is 29.9 Å². The molecule has 3 heterocycles. The Bertz CT molecular complexity index is 1530. The van der Waals surface area contributed by atoms with E-state index in [1.807, 2.05) is 30.9 Å². The fraction of sp³-hybridized carbons (Fsp3) is 0.357. The van der Waals surface area contributed by atoms with Crippen molar-refractivity contribution in [3.8, 4) is 17.0 Å². The van der Waals surface area contributed by atoms with Crippen LogP contribution >= 0.6 is 15.9 Å². The summed E-state index contributed by atoms with van der Waals surface area (Å²) < 4.78 is 25.0. The Kier molecular flexibility index (Phi) is 7.44. The van der Waals surface area contributed by atoms with Crippen LogP contribution < -0.4 is 10.5 Å². The van der Waals surface area contributed by atoms with Crippen molar-refractivity contribution in [2.75, 3.05) is 19.8 Å². The Morgan fingerprint density at radius 3 is 2.77 bits per heavy atom. The highest BCUT2D eigenvalue weighted by Gasteiger charge is 2.26. The Morgan fingerprint density at radius 1 is 1.28 bits per heavy atom. The molecule has 2 N–H and O–H groups in total. The van der Waals surface area contributed by atoms with Gasteiger partial charge < -0.3 is 19.9 Å². The molecule has 5 rings (SSSR count). The van der Waals surface area contributed by atoms with Crippen LogP contribution in [0.25, 0.3) is 11.3 Å². The van der Waals surface area contributed by atoms with Crippen LogP contribution in [0.5, 0.6) is 5.75 Å². The van der Waals surface area contributed by atoms with E-state index in [0.717, 1.165) is 27.7 Å². The Hall–Kier alpha value is -3.73. The Balaban J connectivity index is 1.52. The van der Waals surface area contributed by atoms with Crippen molar-refractivity contribution in [3.63, 3.8) is 0 Å². The van der Waals surface area contributed by atoms with Crippen LogP contribution in [0.3, 0.4) is 0 Å². The number of amides is 1. The minimum atomic E-state index is -0.562. The summed E-state index contributed by atoms with van der Waals surface area (Å²) in [6, 6.07) is 6.29. The number of carbonyl (C=O) groups is 1. The molecule has 39 heavy (non-hydrogen) atoms. The number of pyridine rings is 1. The van der Waals surface area contributed by atoms with Crippen LogP contribution in [0.4, 0.5) is 10.2 Å². The lowest BCUT2D eigenvalue weighted by Gasteiger charge is -2.19. The lowest BCUT2D eigenvalue weighted by molar-refractivity contribution is 0.0811. The SMILES string of the molecule is C[C@@H](Oc1cc(Br)cnc1N)c1cc(F)ccc1-c1nn(C)cc1Cn1cc(CC2CC2)nc1C(=O)N(C)C. The summed E-state index contributed by atoms with van der Waals surface area (Å²) in [6.07, 6.45) is 8.17. The summed E-state index contributed by atoms with van der Waals surface area (Å²) in [7, 11) is 5.27. The Morgan fingerprint density at radius 2 is 2.05 bits per heavy atom. The minimum Gasteiger partial charge on any atom is -0.482 e. The van der Waals surface area contributed by atoms with Gasteiger partial charge in [-0.1, -0.05) is 0 Å². The topological polar surface area (TPSA) is 104 Å². The number of aryl methyl sites for hydroxylation is 1. The van der Waals surface area contributed by atoms with Crippen molar-refractivity contribution in [3.05, 3.63) is 75.8 Å². The summed E-state index contributed by atoms with van der Waals surface area (Å²) in [5, 5.41) is 4.73. The maximum absolute atomic E-state index is 14.5. The predicted octanol–water partition coefficient (Wildman–Crippen LogP) is 5.01. The maximum atomic E-state index is 14.5. The van der Waals surface area contributed by atoms with Gasteiger partial charge in [0, 0.05) is 60.9 Å². The van der Waals surface area contributed by atoms with Crippen LogP contribution in [-0.4, -0.2) is 49.2 Å². The number of halogens is 2. The summed E-state index contributed by atoms with van der Waals surface area (Å²) >= 11 is 3.39. The maximum Gasteiger partial charge on any atom is 0.289 e. The molecule has 3 aromatic heterocycles. The van der Waals surface area contributed by atoms with Gasteiger partial charge in [0.2, 0.25) is 0 Å². The fourth-order valence-electron chi connectivity index (χ4n) is 4.61. The van der Waals surface area contributed by atoms with Crippen molar-refractivity contribution in [2.45, 2.75) is 38.8 Å². The van der Waals surface area contributed by atoms with Gasteiger partial charge in [0.15, 0.2) is 17.4 Å². The summed E-state index contributed by atoms with van der Waals surface area (Å²) in [5.74, 6) is 1.11. The van der Waals surface area contributed by atoms with Crippen LogP contribution in [0.1, 0.15) is 53.3 Å². The smallest absolute Gasteiger partial charge is 0.289 e. The molecule has 1 aromatic carbocycles. The number of aromatic nitrogens is 5. The van der Waals surface area contributed by atoms with E-state index in [-0.39, 0.29) is 17.5 Å². The minimum absolute atomic E-state index is 0.160. The van der Waals surface area contributed by atoms with Crippen LogP contribution in [0.2, 0.25) is 0 Å². The van der Waals surface area contributed by atoms with E-state index in [2.05, 4.69) is 25.9 Å². The molecule has 0 saturated heterocycles. The second-order valence-electron chi connectivity index (χ2n) is 10.2. The molecule has 1 aliphatic carbocycles. The zero-order valence-electron chi connectivity index (χ0n) is 22.4. The third-order valence-corrected chi connectivity index (χ3v) is 7.16. The van der Waals surface area contributed by atoms with Gasteiger partial charge in [0.1, 0.15) is 11.9 Å². The highest BCUT2D eigenvalue weighted by molar-refractivity contribution is 9.10. The number of nitrogens with zero attached hydrogens (tertiary/aromatic N) is 6. The van der Waals surface area contributed by atoms with E-state index >= 15 is 0 Å². The number of nitrogen functional groups attached to an aromatic ring is 1. The monoisotopic (exact) mass is 595 g/mol. The van der Waals surface area contributed by atoms with Gasteiger partial charge in [-0.25, -0.2) is 14.4 Å². The average molecular weight is 597 g/mol. The fourth-order valence-corrected chi connectivity index (χ4v) is 4.92. The van der Waals surface area contributed by atoms with Gasteiger partial charge in [-0.3, -0.25) is 9.48 Å². The molecule has 4 aromatic rings. The normalized spacial score (nSPS) is 13.9. The highest BCUT2D eigenvalue weighted by Crippen LogP contribution is 2.36. The largest absolute Gasteiger partial charge is 0.482 e. The second kappa shape index (κ2) is 10.8. The number of anilines is 1. The average Bonchev–Trinajstić information content (AvgIpc) is 3.50. The van der Waals surface area contributed by atoms with E-state index in [4.69, 9.17) is 15.6 Å². The quantitative estimate of drug-likeness (QED) is 0.292. The van der Waals surface area contributed by atoms with E-state index < -0.39 is 6.10 Å². The van der Waals surface area contributed by atoms with Gasteiger partial charge in [0.25, 0.3) is 5.91 Å². The molecule has 1 amide bonds. The van der Waals surface area contributed by atoms with Gasteiger partial charge in [-0.2, -0.15) is 5.10 Å². The molecule has 1 saturated carbocycles. The van der Waals surface area contributed by atoms with Gasteiger partial charge in [-0.05, 0) is 72.3 Å². The summed E-state index contributed by atoms with van der Waals surface area (Å²) in [6.45, 7) is 2.21. The third kappa shape index (κ3) is 5.98. The highest BCUT2D eigenvalue weighted by atomic mass is 79.9. The molecule has 0 aliphatic heterocycles. The first-order chi connectivity index (χ1) is 18.6. The van der Waals surface area contributed by atoms with Crippen LogP contribution in [-0.2, 0) is 20.0 Å². The third-order valence-electron chi connectivity index (χ3n) is 6.72. The lowest BCUT2D eigenvalue weighted by atomic mass is 9.98. The van der Waals surface area contributed by atoms with E-state index in [1.54, 1.807) is 37.1 Å². The van der Waals surface area contributed by atoms with Crippen LogP contribution in [0.15, 0.2) is 47.3 Å². The second-order valence-corrected chi connectivity index (χ2v) is 11.2. The van der Waals surface area contributed by atoms with Crippen molar-refractivity contribution >= 4 is 27.7 Å². The summed E-state index contributed by atoms with van der Waals surface area (Å²) in [5.41, 5.74) is 9.80. The predicted molar refractivity (Wildman–Crippen MR) is 150 cm³/mol. The number of ether oxygens (including phenoxy) is 1. The molecule has 0 unspecified atom stereocenters. The van der Waals surface area contributed by atoms with Crippen molar-refractivity contribution in [1.29, 1.82) is 0 Å². The molecule has 9 nitrogen and oxygen atoms in total. The first kappa shape index (κ1) is 26.9. The molecule has 204 valence electrons. The van der Waals surface area contributed by atoms with Crippen LogP contribution in [0, 0.1) is 11.7 Å². The zero-order chi connectivity index (χ0) is 27.8. The molecule has 11 heteroatoms. The van der Waals surface area contributed by atoms with Gasteiger partial charge >= 0.3 is 0 Å². The number of imidazole rings is 1. The number of nitrogens with two attached hydrogens (primary N) is 1. The first-order valence-corrected chi connectivity index (χ1v) is 13.6. The number of hydrogen-bond acceptors (Lipinski definition) is 6. The van der Waals surface area contributed by atoms with Gasteiger partial charge in [-0.15, -0.1) is 0 Å². The van der Waals surface area contributed by atoms with E-state index in [0.29, 0.717) is 35.3 Å². The number of hydrogen-bond donors (Lipinski definition) is 1.